The number of rotatable bonds is 4. The molecule has 2 heterocycles. The van der Waals surface area contributed by atoms with Crippen LogP contribution in [0.5, 0.6) is 0 Å². The summed E-state index contributed by atoms with van der Waals surface area (Å²) in [5.41, 5.74) is 3.49. The molecule has 0 aliphatic carbocycles. The Bertz CT molecular complexity index is 831. The van der Waals surface area contributed by atoms with E-state index in [1.54, 1.807) is 6.07 Å². The van der Waals surface area contributed by atoms with Gasteiger partial charge in [0.15, 0.2) is 0 Å². The summed E-state index contributed by atoms with van der Waals surface area (Å²) in [6.45, 7) is 8.64. The van der Waals surface area contributed by atoms with Crippen LogP contribution in [0, 0.1) is 19.8 Å². The number of ether oxygens (including phenoxy) is 1. The first-order chi connectivity index (χ1) is 12.0. The zero-order valence-electron chi connectivity index (χ0n) is 15.1. The van der Waals surface area contributed by atoms with Gasteiger partial charge in [0, 0.05) is 18.0 Å². The number of piperidine rings is 1. The van der Waals surface area contributed by atoms with Gasteiger partial charge in [-0.3, -0.25) is 9.69 Å². The standard InChI is InChI=1S/C20H25NO4/c1-4-24-20(23)15-5-7-21(8-6-15)12-16-11-18(22)25-19-14(3)9-13(2)10-17(16)19/h9-11,15H,4-8,12H2,1-3H3. The molecule has 1 fully saturated rings. The predicted octanol–water partition coefficient (Wildman–Crippen LogP) is 3.18. The lowest BCUT2D eigenvalue weighted by atomic mass is 9.96. The molecule has 1 aromatic heterocycles. The zero-order valence-corrected chi connectivity index (χ0v) is 15.1. The first-order valence-corrected chi connectivity index (χ1v) is 8.91. The Kier molecular flexibility index (Phi) is 5.23. The fourth-order valence-corrected chi connectivity index (χ4v) is 3.64. The van der Waals surface area contributed by atoms with Crippen molar-refractivity contribution >= 4 is 16.9 Å². The van der Waals surface area contributed by atoms with Crippen LogP contribution in [0.3, 0.4) is 0 Å². The summed E-state index contributed by atoms with van der Waals surface area (Å²) in [5.74, 6) is -0.0857. The van der Waals surface area contributed by atoms with Crippen LogP contribution in [0.15, 0.2) is 27.4 Å². The van der Waals surface area contributed by atoms with Gasteiger partial charge in [0.25, 0.3) is 0 Å². The Balaban J connectivity index is 1.78. The van der Waals surface area contributed by atoms with Crippen molar-refractivity contribution in [2.45, 2.75) is 40.2 Å². The number of carbonyl (C=O) groups is 1. The Labute approximate surface area is 147 Å². The van der Waals surface area contributed by atoms with Crippen molar-refractivity contribution in [2.75, 3.05) is 19.7 Å². The molecule has 0 N–H and O–H groups in total. The average Bonchev–Trinajstić information content (AvgIpc) is 2.57. The van der Waals surface area contributed by atoms with E-state index in [0.29, 0.717) is 18.7 Å². The number of likely N-dealkylation sites (tertiary alicyclic amines) is 1. The predicted molar refractivity (Wildman–Crippen MR) is 96.6 cm³/mol. The van der Waals surface area contributed by atoms with Crippen LogP contribution in [-0.4, -0.2) is 30.6 Å². The number of hydrogen-bond acceptors (Lipinski definition) is 5. The van der Waals surface area contributed by atoms with Crippen molar-refractivity contribution in [1.29, 1.82) is 0 Å². The van der Waals surface area contributed by atoms with Gasteiger partial charge < -0.3 is 9.15 Å². The quantitative estimate of drug-likeness (QED) is 0.630. The molecule has 1 saturated heterocycles. The third-order valence-corrected chi connectivity index (χ3v) is 4.86. The molecule has 1 aromatic carbocycles. The van der Waals surface area contributed by atoms with Crippen LogP contribution in [0.4, 0.5) is 0 Å². The lowest BCUT2D eigenvalue weighted by molar-refractivity contribution is -0.149. The molecular formula is C20H25NO4. The number of benzene rings is 1. The summed E-state index contributed by atoms with van der Waals surface area (Å²) in [7, 11) is 0. The number of hydrogen-bond donors (Lipinski definition) is 0. The number of esters is 1. The highest BCUT2D eigenvalue weighted by atomic mass is 16.5. The second kappa shape index (κ2) is 7.40. The molecule has 5 nitrogen and oxygen atoms in total. The molecule has 134 valence electrons. The molecule has 1 aliphatic rings. The van der Waals surface area contributed by atoms with Crippen molar-refractivity contribution in [2.24, 2.45) is 5.92 Å². The van der Waals surface area contributed by atoms with Gasteiger partial charge in [0.2, 0.25) is 0 Å². The lowest BCUT2D eigenvalue weighted by Crippen LogP contribution is -2.36. The molecule has 0 saturated carbocycles. The van der Waals surface area contributed by atoms with Crippen LogP contribution < -0.4 is 5.63 Å². The molecule has 25 heavy (non-hydrogen) atoms. The van der Waals surface area contributed by atoms with Crippen molar-refractivity contribution in [1.82, 2.24) is 4.90 Å². The van der Waals surface area contributed by atoms with Gasteiger partial charge in [-0.25, -0.2) is 4.79 Å². The van der Waals surface area contributed by atoms with Gasteiger partial charge in [-0.1, -0.05) is 6.07 Å². The van der Waals surface area contributed by atoms with Crippen LogP contribution in [0.2, 0.25) is 0 Å². The molecule has 0 amide bonds. The Morgan fingerprint density at radius 3 is 2.64 bits per heavy atom. The molecular weight excluding hydrogens is 318 g/mol. The Hall–Kier alpha value is -2.14. The van der Waals surface area contributed by atoms with E-state index in [-0.39, 0.29) is 17.5 Å². The summed E-state index contributed by atoms with van der Waals surface area (Å²) in [5, 5.41) is 1.00. The van der Waals surface area contributed by atoms with E-state index in [0.717, 1.165) is 48.0 Å². The maximum absolute atomic E-state index is 11.9. The average molecular weight is 343 g/mol. The zero-order chi connectivity index (χ0) is 18.0. The Morgan fingerprint density at radius 2 is 1.96 bits per heavy atom. The Morgan fingerprint density at radius 1 is 1.24 bits per heavy atom. The topological polar surface area (TPSA) is 59.8 Å². The van der Waals surface area contributed by atoms with E-state index >= 15 is 0 Å². The summed E-state index contributed by atoms with van der Waals surface area (Å²) in [6.07, 6.45) is 1.60. The molecule has 1 aliphatic heterocycles. The molecule has 0 atom stereocenters. The maximum atomic E-state index is 11.9. The van der Waals surface area contributed by atoms with E-state index in [1.165, 1.54) is 0 Å². The molecule has 0 radical (unpaired) electrons. The van der Waals surface area contributed by atoms with Gasteiger partial charge in [0.05, 0.1) is 12.5 Å². The first kappa shape index (κ1) is 17.7. The molecule has 5 heteroatoms. The minimum Gasteiger partial charge on any atom is -0.466 e. The van der Waals surface area contributed by atoms with Crippen molar-refractivity contribution in [3.05, 3.63) is 45.3 Å². The number of fused-ring (bicyclic) bond motifs is 1. The normalized spacial score (nSPS) is 16.3. The lowest BCUT2D eigenvalue weighted by Gasteiger charge is -2.31. The third kappa shape index (κ3) is 3.93. The van der Waals surface area contributed by atoms with Crippen LogP contribution in [0.25, 0.3) is 11.0 Å². The molecule has 0 unspecified atom stereocenters. The van der Waals surface area contributed by atoms with Crippen molar-refractivity contribution in [3.63, 3.8) is 0 Å². The highest BCUT2D eigenvalue weighted by Crippen LogP contribution is 2.25. The fourth-order valence-electron chi connectivity index (χ4n) is 3.64. The second-order valence-electron chi connectivity index (χ2n) is 6.85. The molecule has 0 bridgehead atoms. The van der Waals surface area contributed by atoms with E-state index in [2.05, 4.69) is 11.0 Å². The van der Waals surface area contributed by atoms with Crippen LogP contribution in [0.1, 0.15) is 36.5 Å². The highest BCUT2D eigenvalue weighted by molar-refractivity contribution is 5.83. The van der Waals surface area contributed by atoms with Crippen LogP contribution in [-0.2, 0) is 16.1 Å². The van der Waals surface area contributed by atoms with E-state index in [1.807, 2.05) is 26.8 Å². The first-order valence-electron chi connectivity index (χ1n) is 8.91. The van der Waals surface area contributed by atoms with Gasteiger partial charge in [-0.15, -0.1) is 0 Å². The largest absolute Gasteiger partial charge is 0.466 e. The molecule has 0 spiro atoms. The smallest absolute Gasteiger partial charge is 0.336 e. The third-order valence-electron chi connectivity index (χ3n) is 4.86. The van der Waals surface area contributed by atoms with E-state index in [4.69, 9.17) is 9.15 Å². The van der Waals surface area contributed by atoms with Gasteiger partial charge in [-0.2, -0.15) is 0 Å². The highest BCUT2D eigenvalue weighted by Gasteiger charge is 2.26. The summed E-state index contributed by atoms with van der Waals surface area (Å²) in [4.78, 5) is 26.1. The molecule has 3 rings (SSSR count). The summed E-state index contributed by atoms with van der Waals surface area (Å²) in [6, 6.07) is 5.70. The SMILES string of the molecule is CCOC(=O)C1CCN(Cc2cc(=O)oc3c(C)cc(C)cc23)CC1. The second-order valence-corrected chi connectivity index (χ2v) is 6.85. The summed E-state index contributed by atoms with van der Waals surface area (Å²) < 4.78 is 10.5. The van der Waals surface area contributed by atoms with Crippen molar-refractivity contribution < 1.29 is 13.9 Å². The van der Waals surface area contributed by atoms with E-state index < -0.39 is 0 Å². The minimum absolute atomic E-state index is 0.00160. The fraction of sp³-hybridized carbons (Fsp3) is 0.500. The summed E-state index contributed by atoms with van der Waals surface area (Å²) >= 11 is 0. The maximum Gasteiger partial charge on any atom is 0.336 e. The monoisotopic (exact) mass is 343 g/mol. The number of carbonyl (C=O) groups excluding carboxylic acids is 1. The van der Waals surface area contributed by atoms with Gasteiger partial charge in [0.1, 0.15) is 5.58 Å². The number of nitrogens with zero attached hydrogens (tertiary/aromatic N) is 1. The van der Waals surface area contributed by atoms with E-state index in [9.17, 15) is 9.59 Å². The van der Waals surface area contributed by atoms with Crippen LogP contribution >= 0.6 is 0 Å². The van der Waals surface area contributed by atoms with Gasteiger partial charge >= 0.3 is 11.6 Å². The van der Waals surface area contributed by atoms with Crippen molar-refractivity contribution in [3.8, 4) is 0 Å². The minimum atomic E-state index is -0.309. The number of aryl methyl sites for hydroxylation is 2. The molecule has 2 aromatic rings. The van der Waals surface area contributed by atoms with Gasteiger partial charge in [-0.05, 0) is 69.5 Å².